The van der Waals surface area contributed by atoms with Gasteiger partial charge in [0.15, 0.2) is 0 Å². The number of hydrogen-bond donors (Lipinski definition) is 1. The van der Waals surface area contributed by atoms with Crippen molar-refractivity contribution in [1.29, 1.82) is 0 Å². The van der Waals surface area contributed by atoms with E-state index in [2.05, 4.69) is 9.72 Å². The van der Waals surface area contributed by atoms with E-state index in [9.17, 15) is 19.2 Å². The predicted octanol–water partition coefficient (Wildman–Crippen LogP) is 0.747. The van der Waals surface area contributed by atoms with Crippen molar-refractivity contribution in [3.8, 4) is 0 Å². The number of nitrogens with one attached hydrogen (secondary N) is 1. The number of aromatic nitrogens is 2. The van der Waals surface area contributed by atoms with Gasteiger partial charge in [0, 0.05) is 0 Å². The highest BCUT2D eigenvalue weighted by atomic mass is 16.5. The van der Waals surface area contributed by atoms with Crippen LogP contribution in [-0.4, -0.2) is 40.7 Å². The molecule has 0 bridgehead atoms. The third-order valence-electron chi connectivity index (χ3n) is 3.17. The number of aryl methyl sites for hydroxylation is 1. The van der Waals surface area contributed by atoms with Gasteiger partial charge in [-0.3, -0.25) is 19.5 Å². The van der Waals surface area contributed by atoms with Gasteiger partial charge in [-0.05, 0) is 20.8 Å². The smallest absolute Gasteiger partial charge is 0.413 e. The Hall–Kier alpha value is -3.17. The first-order valence-corrected chi connectivity index (χ1v) is 7.51. The summed E-state index contributed by atoms with van der Waals surface area (Å²) in [5.74, 6) is -1.29. The molecule has 0 aliphatic heterocycles. The summed E-state index contributed by atoms with van der Waals surface area (Å²) < 4.78 is 15.8. The SMILES string of the molecule is CCOC(=O)NC(=O)Cn1cnc2oc(C)c(C(=O)OCC)c2c1=O. The zero-order chi connectivity index (χ0) is 18.6. The molecule has 0 atom stereocenters. The van der Waals surface area contributed by atoms with Gasteiger partial charge in [0.05, 0.1) is 13.2 Å². The standard InChI is InChI=1S/C15H17N3O7/c1-4-23-14(21)10-8(3)25-12-11(10)13(20)18(7-16-12)6-9(19)17-15(22)24-5-2/h7H,4-6H2,1-3H3,(H,17,19,22). The molecule has 2 rings (SSSR count). The molecular weight excluding hydrogens is 334 g/mol. The maximum atomic E-state index is 12.6. The minimum Gasteiger partial charge on any atom is -0.462 e. The molecule has 2 aromatic heterocycles. The second kappa shape index (κ2) is 7.60. The van der Waals surface area contributed by atoms with E-state index < -0.39 is 30.1 Å². The van der Waals surface area contributed by atoms with E-state index in [1.54, 1.807) is 13.8 Å². The van der Waals surface area contributed by atoms with Gasteiger partial charge in [0.2, 0.25) is 11.6 Å². The number of carbonyl (C=O) groups is 3. The van der Waals surface area contributed by atoms with Crippen LogP contribution in [-0.2, 0) is 20.8 Å². The number of esters is 1. The van der Waals surface area contributed by atoms with E-state index in [-0.39, 0.29) is 35.6 Å². The average molecular weight is 351 g/mol. The number of imide groups is 1. The van der Waals surface area contributed by atoms with E-state index in [1.807, 2.05) is 5.32 Å². The van der Waals surface area contributed by atoms with Crippen molar-refractivity contribution >= 4 is 29.1 Å². The van der Waals surface area contributed by atoms with Crippen molar-refractivity contribution in [3.63, 3.8) is 0 Å². The first-order valence-electron chi connectivity index (χ1n) is 7.51. The molecule has 10 nitrogen and oxygen atoms in total. The van der Waals surface area contributed by atoms with Crippen LogP contribution in [0.25, 0.3) is 11.1 Å². The highest BCUT2D eigenvalue weighted by Crippen LogP contribution is 2.21. The lowest BCUT2D eigenvalue weighted by Gasteiger charge is -2.06. The second-order valence-corrected chi connectivity index (χ2v) is 4.88. The number of nitrogens with zero attached hydrogens (tertiary/aromatic N) is 2. The van der Waals surface area contributed by atoms with Crippen molar-refractivity contribution in [2.24, 2.45) is 0 Å². The summed E-state index contributed by atoms with van der Waals surface area (Å²) in [6, 6.07) is 0. The molecule has 134 valence electrons. The zero-order valence-corrected chi connectivity index (χ0v) is 14.0. The lowest BCUT2D eigenvalue weighted by Crippen LogP contribution is -2.36. The zero-order valence-electron chi connectivity index (χ0n) is 14.0. The van der Waals surface area contributed by atoms with Crippen LogP contribution >= 0.6 is 0 Å². The lowest BCUT2D eigenvalue weighted by atomic mass is 10.2. The van der Waals surface area contributed by atoms with E-state index in [0.717, 1.165) is 10.9 Å². The van der Waals surface area contributed by atoms with E-state index >= 15 is 0 Å². The Labute approximate surface area is 141 Å². The Morgan fingerprint density at radius 3 is 2.56 bits per heavy atom. The van der Waals surface area contributed by atoms with Gasteiger partial charge in [-0.15, -0.1) is 0 Å². The minimum atomic E-state index is -0.916. The fourth-order valence-corrected chi connectivity index (χ4v) is 2.17. The Morgan fingerprint density at radius 1 is 1.24 bits per heavy atom. The minimum absolute atomic E-state index is 0.0329. The molecule has 0 aliphatic carbocycles. The molecule has 2 heterocycles. The quantitative estimate of drug-likeness (QED) is 0.781. The molecule has 2 aromatic rings. The van der Waals surface area contributed by atoms with Crippen LogP contribution in [0.2, 0.25) is 0 Å². The van der Waals surface area contributed by atoms with Gasteiger partial charge >= 0.3 is 12.1 Å². The van der Waals surface area contributed by atoms with Crippen molar-refractivity contribution in [1.82, 2.24) is 14.9 Å². The average Bonchev–Trinajstić information content (AvgIpc) is 2.87. The largest absolute Gasteiger partial charge is 0.462 e. The third-order valence-corrected chi connectivity index (χ3v) is 3.17. The maximum absolute atomic E-state index is 12.6. The lowest BCUT2D eigenvalue weighted by molar-refractivity contribution is -0.121. The predicted molar refractivity (Wildman–Crippen MR) is 84.1 cm³/mol. The molecule has 0 unspecified atom stereocenters. The molecular formula is C15H17N3O7. The van der Waals surface area contributed by atoms with Gasteiger partial charge in [0.1, 0.15) is 29.6 Å². The third kappa shape index (κ3) is 3.84. The van der Waals surface area contributed by atoms with Gasteiger partial charge in [0.25, 0.3) is 5.56 Å². The molecule has 0 saturated carbocycles. The van der Waals surface area contributed by atoms with Crippen molar-refractivity contribution < 1.29 is 28.3 Å². The van der Waals surface area contributed by atoms with Crippen molar-refractivity contribution in [3.05, 3.63) is 28.0 Å². The van der Waals surface area contributed by atoms with Crippen LogP contribution in [0.5, 0.6) is 0 Å². The van der Waals surface area contributed by atoms with E-state index in [1.165, 1.54) is 6.92 Å². The van der Waals surface area contributed by atoms with Crippen molar-refractivity contribution in [2.75, 3.05) is 13.2 Å². The molecule has 0 saturated heterocycles. The Morgan fingerprint density at radius 2 is 1.92 bits per heavy atom. The number of ether oxygens (including phenoxy) is 2. The van der Waals surface area contributed by atoms with Gasteiger partial charge in [-0.1, -0.05) is 0 Å². The number of rotatable bonds is 5. The molecule has 0 aromatic carbocycles. The number of hydrogen-bond acceptors (Lipinski definition) is 8. The Balaban J connectivity index is 2.37. The van der Waals surface area contributed by atoms with Crippen LogP contribution in [0.4, 0.5) is 4.79 Å². The molecule has 0 spiro atoms. The topological polar surface area (TPSA) is 130 Å². The first-order chi connectivity index (χ1) is 11.9. The fraction of sp³-hybridized carbons (Fsp3) is 0.400. The Bertz CT molecular complexity index is 881. The summed E-state index contributed by atoms with van der Waals surface area (Å²) >= 11 is 0. The van der Waals surface area contributed by atoms with Crippen molar-refractivity contribution in [2.45, 2.75) is 27.3 Å². The summed E-state index contributed by atoms with van der Waals surface area (Å²) in [5.41, 5.74) is -0.731. The molecule has 0 fully saturated rings. The molecule has 25 heavy (non-hydrogen) atoms. The first kappa shape index (κ1) is 18.2. The highest BCUT2D eigenvalue weighted by Gasteiger charge is 2.24. The van der Waals surface area contributed by atoms with E-state index in [0.29, 0.717) is 0 Å². The summed E-state index contributed by atoms with van der Waals surface area (Å²) in [7, 11) is 0. The van der Waals surface area contributed by atoms with Crippen LogP contribution < -0.4 is 10.9 Å². The van der Waals surface area contributed by atoms with Gasteiger partial charge < -0.3 is 13.9 Å². The van der Waals surface area contributed by atoms with Gasteiger partial charge in [-0.2, -0.15) is 0 Å². The number of carbonyl (C=O) groups excluding carboxylic acids is 3. The maximum Gasteiger partial charge on any atom is 0.413 e. The Kier molecular flexibility index (Phi) is 5.52. The van der Waals surface area contributed by atoms with Crippen LogP contribution in [0.1, 0.15) is 30.0 Å². The number of fused-ring (bicyclic) bond motifs is 1. The monoisotopic (exact) mass is 351 g/mol. The van der Waals surface area contributed by atoms with E-state index in [4.69, 9.17) is 9.15 Å². The number of furan rings is 1. The number of alkyl carbamates (subject to hydrolysis) is 1. The summed E-state index contributed by atoms with van der Waals surface area (Å²) in [4.78, 5) is 51.6. The van der Waals surface area contributed by atoms with Crippen LogP contribution in [0.3, 0.4) is 0 Å². The highest BCUT2D eigenvalue weighted by molar-refractivity contribution is 6.03. The second-order valence-electron chi connectivity index (χ2n) is 4.88. The number of amides is 2. The molecule has 0 aliphatic rings. The van der Waals surface area contributed by atoms with Crippen LogP contribution in [0, 0.1) is 6.92 Å². The molecule has 2 amide bonds. The summed E-state index contributed by atoms with van der Waals surface area (Å²) in [5, 5.41) is 1.88. The summed E-state index contributed by atoms with van der Waals surface area (Å²) in [6.45, 7) is 4.47. The molecule has 1 N–H and O–H groups in total. The van der Waals surface area contributed by atoms with Crippen LogP contribution in [0.15, 0.2) is 15.5 Å². The molecule has 0 radical (unpaired) electrons. The normalized spacial score (nSPS) is 10.5. The summed E-state index contributed by atoms with van der Waals surface area (Å²) in [6.07, 6.45) is 0.175. The molecule has 10 heteroatoms. The fourth-order valence-electron chi connectivity index (χ4n) is 2.17. The van der Waals surface area contributed by atoms with Gasteiger partial charge in [-0.25, -0.2) is 14.6 Å².